The van der Waals surface area contributed by atoms with Crippen LogP contribution in [0.4, 0.5) is 0 Å². The van der Waals surface area contributed by atoms with Crippen molar-refractivity contribution in [3.05, 3.63) is 0 Å². The van der Waals surface area contributed by atoms with Gasteiger partial charge in [-0.05, 0) is 47.0 Å². The van der Waals surface area contributed by atoms with Crippen molar-refractivity contribution in [1.82, 2.24) is 0 Å². The Hall–Kier alpha value is -2.35. The predicted octanol–water partition coefficient (Wildman–Crippen LogP) is 0.648. The molecule has 458 valence electrons. The van der Waals surface area contributed by atoms with Gasteiger partial charge >= 0.3 is 17.9 Å². The second kappa shape index (κ2) is 30.5. The number of aliphatic hydroxyl groups is 9. The average molecular weight is 1140 g/mol. The number of ether oxygens (including phenoxy) is 13. The fourth-order valence-corrected chi connectivity index (χ4v) is 10.7. The number of rotatable bonds is 15. The standard InChI is InChI=1S/C54H92O25/c1-10-11-17-20-30-21-18-15-13-12-14-16-19-22-32(56)73-45-40(64)43(28(8)69-53(45)76-42-27(7)67-50(71-30)38(62)36(42)60)77-54-47(75-49(66)25(4)5)46(79-52-37(61)34(58)33(57)31(23-55)72-52)44(29(9)70-54)78-51-39(63)35(59)41(26(6)68-51)74-48(65)24(2)3/h24-31,33-47,50-55,57-64H,10-23H2,1-9H3/t26-,27-,28-,29-,30-,31+,33+,34-,35-,36-,37+,38+,39+,40+,41-,42-,43-,44-,45+,46+,47+,50-,51-,52-,53-,54-/m0/s1. The van der Waals surface area contributed by atoms with Gasteiger partial charge in [0.15, 0.2) is 49.8 Å². The van der Waals surface area contributed by atoms with Crippen LogP contribution in [0.25, 0.3) is 0 Å². The molecule has 0 radical (unpaired) electrons. The van der Waals surface area contributed by atoms with E-state index in [4.69, 9.17) is 61.6 Å². The van der Waals surface area contributed by atoms with Gasteiger partial charge in [0.25, 0.3) is 0 Å². The van der Waals surface area contributed by atoms with Crippen LogP contribution in [0.1, 0.15) is 146 Å². The summed E-state index contributed by atoms with van der Waals surface area (Å²) in [6.45, 7) is 13.5. The second-order valence-electron chi connectivity index (χ2n) is 22.7. The molecular formula is C54H92O25. The second-order valence-corrected chi connectivity index (χ2v) is 22.7. The maximum absolute atomic E-state index is 13.8. The monoisotopic (exact) mass is 1140 g/mol. The van der Waals surface area contributed by atoms with E-state index < -0.39 is 190 Å². The zero-order chi connectivity index (χ0) is 58.0. The molecule has 0 aromatic rings. The quantitative estimate of drug-likeness (QED) is 0.0617. The van der Waals surface area contributed by atoms with Crippen molar-refractivity contribution in [2.45, 2.75) is 305 Å². The Morgan fingerprint density at radius 2 is 1.05 bits per heavy atom. The summed E-state index contributed by atoms with van der Waals surface area (Å²) in [6.07, 6.45) is -29.5. The third kappa shape index (κ3) is 16.7. The third-order valence-corrected chi connectivity index (χ3v) is 15.6. The lowest BCUT2D eigenvalue weighted by Crippen LogP contribution is -2.68. The van der Waals surface area contributed by atoms with Crippen molar-refractivity contribution >= 4 is 17.9 Å². The SMILES string of the molecule is CCCCC[C@H]1CCCCCCCCCC(=O)O[C@H]2[C@H](O[C@@H]3[C@@H](O)[C@@H](O)[C@H](O1)O[C@H]3C)O[C@@H](C)[C@H](O[C@@H]1O[C@@H](C)[C@H](O[C@@H]3O[C@@H](C)[C@H](OC(=O)C(C)C)[C@@H](O)[C@H]3O)[C@@H](O[C@@H]3O[C@H](CO)[C@@H](O)[C@H](O)[C@H]3O)[C@H]1OC(=O)C(C)C)[C@H]2O. The van der Waals surface area contributed by atoms with E-state index in [1.54, 1.807) is 20.8 Å². The van der Waals surface area contributed by atoms with E-state index in [-0.39, 0.29) is 12.5 Å². The van der Waals surface area contributed by atoms with Crippen molar-refractivity contribution < 1.29 is 122 Å². The number of fused-ring (bicyclic) bond motifs is 14. The maximum atomic E-state index is 13.8. The Bertz CT molecular complexity index is 1860. The van der Waals surface area contributed by atoms with Crippen LogP contribution in [-0.4, -0.2) is 230 Å². The average Bonchev–Trinajstić information content (AvgIpc) is 3.52. The first-order chi connectivity index (χ1) is 37.5. The van der Waals surface area contributed by atoms with Gasteiger partial charge in [0.2, 0.25) is 0 Å². The van der Waals surface area contributed by atoms with E-state index in [1.165, 1.54) is 34.6 Å². The van der Waals surface area contributed by atoms with Gasteiger partial charge < -0.3 is 108 Å². The smallest absolute Gasteiger partial charge is 0.308 e. The summed E-state index contributed by atoms with van der Waals surface area (Å²) in [5, 5.41) is 101. The fourth-order valence-electron chi connectivity index (χ4n) is 10.7. The number of hydrogen-bond donors (Lipinski definition) is 9. The molecule has 0 amide bonds. The van der Waals surface area contributed by atoms with Crippen LogP contribution in [0.3, 0.4) is 0 Å². The van der Waals surface area contributed by atoms with Crippen LogP contribution in [0.2, 0.25) is 0 Å². The number of aliphatic hydroxyl groups excluding tert-OH is 9. The van der Waals surface area contributed by atoms with E-state index in [2.05, 4.69) is 6.92 Å². The van der Waals surface area contributed by atoms with Crippen molar-refractivity contribution in [3.63, 3.8) is 0 Å². The first-order valence-electron chi connectivity index (χ1n) is 28.7. The molecule has 7 aliphatic heterocycles. The molecule has 7 aliphatic rings. The molecule has 7 fully saturated rings. The molecule has 25 nitrogen and oxygen atoms in total. The van der Waals surface area contributed by atoms with Crippen LogP contribution in [0.5, 0.6) is 0 Å². The first kappa shape index (κ1) is 65.8. The minimum absolute atomic E-state index is 0.0342. The van der Waals surface area contributed by atoms with E-state index in [0.29, 0.717) is 6.42 Å². The van der Waals surface area contributed by atoms with E-state index in [9.17, 15) is 60.3 Å². The molecule has 0 saturated carbocycles. The summed E-state index contributed by atoms with van der Waals surface area (Å²) < 4.78 is 80.2. The van der Waals surface area contributed by atoms with Crippen LogP contribution in [0, 0.1) is 11.8 Å². The molecule has 0 aromatic heterocycles. The summed E-state index contributed by atoms with van der Waals surface area (Å²) >= 11 is 0. The number of esters is 3. The Labute approximate surface area is 462 Å². The largest absolute Gasteiger partial charge is 0.457 e. The summed E-state index contributed by atoms with van der Waals surface area (Å²) in [7, 11) is 0. The molecular weight excluding hydrogens is 1050 g/mol. The van der Waals surface area contributed by atoms with Crippen LogP contribution >= 0.6 is 0 Å². The Balaban J connectivity index is 1.31. The minimum atomic E-state index is -2.01. The highest BCUT2D eigenvalue weighted by atomic mass is 16.8. The lowest BCUT2D eigenvalue weighted by Gasteiger charge is -2.51. The third-order valence-electron chi connectivity index (χ3n) is 15.6. The van der Waals surface area contributed by atoms with E-state index in [1.807, 2.05) is 0 Å². The molecule has 7 rings (SSSR count). The Morgan fingerprint density at radius 1 is 0.506 bits per heavy atom. The summed E-state index contributed by atoms with van der Waals surface area (Å²) in [6, 6.07) is 0. The van der Waals surface area contributed by atoms with E-state index >= 15 is 0 Å². The highest BCUT2D eigenvalue weighted by Crippen LogP contribution is 2.39. The molecule has 9 N–H and O–H groups in total. The topological polar surface area (TPSA) is 353 Å². The molecule has 0 unspecified atom stereocenters. The van der Waals surface area contributed by atoms with Crippen LogP contribution in [0.15, 0.2) is 0 Å². The summed E-state index contributed by atoms with van der Waals surface area (Å²) in [4.78, 5) is 40.1. The molecule has 7 heterocycles. The highest BCUT2D eigenvalue weighted by molar-refractivity contribution is 5.72. The van der Waals surface area contributed by atoms with Gasteiger partial charge in [0, 0.05) is 6.42 Å². The van der Waals surface area contributed by atoms with Crippen molar-refractivity contribution in [3.8, 4) is 0 Å². The van der Waals surface area contributed by atoms with Crippen molar-refractivity contribution in [2.75, 3.05) is 6.61 Å². The molecule has 26 atom stereocenters. The Kier molecular flexibility index (Phi) is 25.4. The van der Waals surface area contributed by atoms with Crippen molar-refractivity contribution in [2.24, 2.45) is 11.8 Å². The molecule has 2 bridgehead atoms. The highest BCUT2D eigenvalue weighted by Gasteiger charge is 2.58. The normalized spacial score (nSPS) is 44.4. The fraction of sp³-hybridized carbons (Fsp3) is 0.944. The van der Waals surface area contributed by atoms with Crippen molar-refractivity contribution in [1.29, 1.82) is 0 Å². The minimum Gasteiger partial charge on any atom is -0.457 e. The molecule has 0 aromatic carbocycles. The molecule has 25 heteroatoms. The van der Waals surface area contributed by atoms with Crippen LogP contribution < -0.4 is 0 Å². The first-order valence-corrected chi connectivity index (χ1v) is 28.7. The zero-order valence-electron chi connectivity index (χ0n) is 47.1. The van der Waals surface area contributed by atoms with Gasteiger partial charge in [-0.25, -0.2) is 0 Å². The van der Waals surface area contributed by atoms with Gasteiger partial charge in [-0.3, -0.25) is 14.4 Å². The lowest BCUT2D eigenvalue weighted by molar-refractivity contribution is -0.398. The molecule has 7 saturated heterocycles. The number of hydrogen-bond acceptors (Lipinski definition) is 25. The number of carbonyl (C=O) groups excluding carboxylic acids is 3. The van der Waals surface area contributed by atoms with Gasteiger partial charge in [-0.15, -0.1) is 0 Å². The molecule has 79 heavy (non-hydrogen) atoms. The molecule has 0 aliphatic carbocycles. The van der Waals surface area contributed by atoms with Gasteiger partial charge in [-0.1, -0.05) is 92.4 Å². The zero-order valence-corrected chi connectivity index (χ0v) is 47.1. The van der Waals surface area contributed by atoms with Gasteiger partial charge in [-0.2, -0.15) is 0 Å². The number of unbranched alkanes of at least 4 members (excludes halogenated alkanes) is 2. The Morgan fingerprint density at radius 3 is 1.70 bits per heavy atom. The van der Waals surface area contributed by atoms with E-state index in [0.717, 1.165) is 70.6 Å². The summed E-state index contributed by atoms with van der Waals surface area (Å²) in [5.41, 5.74) is 0. The van der Waals surface area contributed by atoms with Gasteiger partial charge in [0.1, 0.15) is 79.4 Å². The van der Waals surface area contributed by atoms with Gasteiger partial charge in [0.05, 0.1) is 49.0 Å². The molecule has 0 spiro atoms. The maximum Gasteiger partial charge on any atom is 0.308 e. The lowest BCUT2D eigenvalue weighted by atomic mass is 9.95. The summed E-state index contributed by atoms with van der Waals surface area (Å²) in [5.74, 6) is -3.66. The van der Waals surface area contributed by atoms with Crippen LogP contribution in [-0.2, 0) is 76.0 Å². The predicted molar refractivity (Wildman–Crippen MR) is 271 cm³/mol. The number of carbonyl (C=O) groups is 3.